The molecule has 0 aromatic carbocycles. The lowest BCUT2D eigenvalue weighted by Crippen LogP contribution is -1.98. The highest BCUT2D eigenvalue weighted by Gasteiger charge is 2.07. The van der Waals surface area contributed by atoms with Crippen molar-refractivity contribution in [2.75, 3.05) is 18.6 Å². The van der Waals surface area contributed by atoms with Gasteiger partial charge in [-0.25, -0.2) is 9.97 Å². The van der Waals surface area contributed by atoms with E-state index in [2.05, 4.69) is 30.4 Å². The van der Waals surface area contributed by atoms with E-state index in [1.807, 2.05) is 6.26 Å². The summed E-state index contributed by atoms with van der Waals surface area (Å²) in [7, 11) is 0. The maximum atomic E-state index is 8.74. The van der Waals surface area contributed by atoms with Crippen LogP contribution in [-0.2, 0) is 0 Å². The second kappa shape index (κ2) is 7.31. The molecule has 9 heteroatoms. The first kappa shape index (κ1) is 14.1. The smallest absolute Gasteiger partial charge is 0.209 e. The summed E-state index contributed by atoms with van der Waals surface area (Å²) in [5.74, 6) is 0.750. The fraction of sp³-hybridized carbons (Fsp3) is 0.400. The van der Waals surface area contributed by atoms with Crippen molar-refractivity contribution in [3.05, 3.63) is 12.4 Å². The number of hydrogen-bond donors (Lipinski definition) is 1. The molecule has 0 amide bonds. The molecule has 2 rings (SSSR count). The molecule has 0 saturated carbocycles. The van der Waals surface area contributed by atoms with Crippen LogP contribution in [0.15, 0.2) is 22.7 Å². The predicted octanol–water partition coefficient (Wildman–Crippen LogP) is 0.920. The Morgan fingerprint density at radius 2 is 1.68 bits per heavy atom. The van der Waals surface area contributed by atoms with Gasteiger partial charge >= 0.3 is 0 Å². The van der Waals surface area contributed by atoms with E-state index in [0.717, 1.165) is 5.75 Å². The average molecular weight is 296 g/mol. The summed E-state index contributed by atoms with van der Waals surface area (Å²) in [4.78, 5) is 8.67. The van der Waals surface area contributed by atoms with Gasteiger partial charge in [0, 0.05) is 12.4 Å². The Kier molecular flexibility index (Phi) is 5.43. The first-order chi connectivity index (χ1) is 9.33. The van der Waals surface area contributed by atoms with Crippen LogP contribution in [0.4, 0.5) is 0 Å². The molecule has 0 aliphatic carbocycles. The Morgan fingerprint density at radius 1 is 1.05 bits per heavy atom. The van der Waals surface area contributed by atoms with E-state index in [1.54, 1.807) is 12.4 Å². The van der Waals surface area contributed by atoms with Crippen LogP contribution in [-0.4, -0.2) is 54.1 Å². The zero-order valence-electron chi connectivity index (χ0n) is 10.2. The van der Waals surface area contributed by atoms with E-state index < -0.39 is 0 Å². The van der Waals surface area contributed by atoms with Gasteiger partial charge < -0.3 is 5.11 Å². The van der Waals surface area contributed by atoms with Crippen LogP contribution in [0, 0.1) is 0 Å². The summed E-state index contributed by atoms with van der Waals surface area (Å²) in [5.41, 5.74) is 1.24. The molecule has 7 nitrogen and oxygen atoms in total. The lowest BCUT2D eigenvalue weighted by molar-refractivity contribution is 0.296. The minimum absolute atomic E-state index is 0.160. The SMILES string of the molecule is CSc1nncc(-c2cnnc(SCCCO)n2)n1. The average Bonchev–Trinajstić information content (AvgIpc) is 2.48. The largest absolute Gasteiger partial charge is 0.396 e. The number of nitrogens with zero attached hydrogens (tertiary/aromatic N) is 6. The van der Waals surface area contributed by atoms with Gasteiger partial charge in [-0.05, 0) is 12.7 Å². The number of thioether (sulfide) groups is 2. The molecule has 0 atom stereocenters. The van der Waals surface area contributed by atoms with Crippen molar-refractivity contribution >= 4 is 23.5 Å². The van der Waals surface area contributed by atoms with E-state index in [-0.39, 0.29) is 6.61 Å². The van der Waals surface area contributed by atoms with Gasteiger partial charge in [0.25, 0.3) is 0 Å². The van der Waals surface area contributed by atoms with Crippen molar-refractivity contribution in [1.82, 2.24) is 30.4 Å². The molecule has 2 aromatic rings. The minimum Gasteiger partial charge on any atom is -0.396 e. The molecule has 0 radical (unpaired) electrons. The van der Waals surface area contributed by atoms with Crippen molar-refractivity contribution < 1.29 is 5.11 Å². The van der Waals surface area contributed by atoms with Gasteiger partial charge in [-0.15, -0.1) is 10.2 Å². The van der Waals surface area contributed by atoms with Gasteiger partial charge in [-0.2, -0.15) is 10.2 Å². The van der Waals surface area contributed by atoms with Crippen molar-refractivity contribution in [3.8, 4) is 11.4 Å². The minimum atomic E-state index is 0.160. The zero-order chi connectivity index (χ0) is 13.5. The molecule has 2 heterocycles. The summed E-state index contributed by atoms with van der Waals surface area (Å²) >= 11 is 2.87. The zero-order valence-corrected chi connectivity index (χ0v) is 11.9. The first-order valence-corrected chi connectivity index (χ1v) is 7.72. The van der Waals surface area contributed by atoms with Gasteiger partial charge in [0.2, 0.25) is 10.3 Å². The van der Waals surface area contributed by atoms with Crippen LogP contribution in [0.25, 0.3) is 11.4 Å². The van der Waals surface area contributed by atoms with Gasteiger partial charge in [0.05, 0.1) is 12.4 Å². The summed E-state index contributed by atoms with van der Waals surface area (Å²) in [6.07, 6.45) is 5.68. The fourth-order valence-corrected chi connectivity index (χ4v) is 2.24. The Bertz CT molecular complexity index is 541. The molecule has 0 bridgehead atoms. The standard InChI is InChI=1S/C10H12N6OS2/c1-18-9-13-7(5-11-15-9)8-6-12-16-10(14-8)19-4-2-3-17/h5-6,17H,2-4H2,1H3. The summed E-state index contributed by atoms with van der Waals surface area (Å²) in [5, 5.41) is 25.5. The lowest BCUT2D eigenvalue weighted by atomic mass is 10.3. The third kappa shape index (κ3) is 4.08. The topological polar surface area (TPSA) is 97.6 Å². The van der Waals surface area contributed by atoms with Crippen molar-refractivity contribution in [2.45, 2.75) is 16.7 Å². The molecule has 0 aliphatic heterocycles. The summed E-state index contributed by atoms with van der Waals surface area (Å²) in [6, 6.07) is 0. The number of aliphatic hydroxyl groups excluding tert-OH is 1. The second-order valence-electron chi connectivity index (χ2n) is 3.38. The molecule has 2 aromatic heterocycles. The van der Waals surface area contributed by atoms with Gasteiger partial charge in [-0.1, -0.05) is 23.5 Å². The first-order valence-electron chi connectivity index (χ1n) is 5.51. The predicted molar refractivity (Wildman–Crippen MR) is 72.9 cm³/mol. The number of hydrogen-bond acceptors (Lipinski definition) is 9. The Hall–Kier alpha value is -1.32. The van der Waals surface area contributed by atoms with Crippen LogP contribution in [0.3, 0.4) is 0 Å². The van der Waals surface area contributed by atoms with Crippen molar-refractivity contribution in [3.63, 3.8) is 0 Å². The Labute approximate surface area is 118 Å². The van der Waals surface area contributed by atoms with Crippen LogP contribution in [0.1, 0.15) is 6.42 Å². The Morgan fingerprint density at radius 3 is 2.32 bits per heavy atom. The van der Waals surface area contributed by atoms with E-state index >= 15 is 0 Å². The maximum absolute atomic E-state index is 8.74. The van der Waals surface area contributed by atoms with Gasteiger partial charge in [-0.3, -0.25) is 0 Å². The summed E-state index contributed by atoms with van der Waals surface area (Å²) < 4.78 is 0. The molecule has 19 heavy (non-hydrogen) atoms. The van der Waals surface area contributed by atoms with E-state index in [9.17, 15) is 0 Å². The van der Waals surface area contributed by atoms with Crippen LogP contribution < -0.4 is 0 Å². The highest BCUT2D eigenvalue weighted by atomic mass is 32.2. The highest BCUT2D eigenvalue weighted by Crippen LogP contribution is 2.18. The summed E-state index contributed by atoms with van der Waals surface area (Å²) in [6.45, 7) is 0.160. The third-order valence-corrected chi connectivity index (χ3v) is 3.52. The quantitative estimate of drug-likeness (QED) is 0.616. The molecule has 0 aliphatic rings. The monoisotopic (exact) mass is 296 g/mol. The number of rotatable bonds is 6. The third-order valence-electron chi connectivity index (χ3n) is 2.06. The highest BCUT2D eigenvalue weighted by molar-refractivity contribution is 7.99. The number of aromatic nitrogens is 6. The number of aliphatic hydroxyl groups is 1. The van der Waals surface area contributed by atoms with E-state index in [4.69, 9.17) is 5.11 Å². The molecular formula is C10H12N6OS2. The van der Waals surface area contributed by atoms with Crippen molar-refractivity contribution in [1.29, 1.82) is 0 Å². The molecule has 1 N–H and O–H groups in total. The fourth-order valence-electron chi connectivity index (χ4n) is 1.20. The van der Waals surface area contributed by atoms with E-state index in [1.165, 1.54) is 23.5 Å². The van der Waals surface area contributed by atoms with Crippen LogP contribution >= 0.6 is 23.5 Å². The van der Waals surface area contributed by atoms with Gasteiger partial charge in [0.15, 0.2) is 0 Å². The molecular weight excluding hydrogens is 284 g/mol. The molecule has 0 saturated heterocycles. The van der Waals surface area contributed by atoms with Gasteiger partial charge in [0.1, 0.15) is 11.4 Å². The van der Waals surface area contributed by atoms with E-state index in [0.29, 0.717) is 28.1 Å². The molecule has 0 spiro atoms. The van der Waals surface area contributed by atoms with Crippen molar-refractivity contribution in [2.24, 2.45) is 0 Å². The molecule has 0 unspecified atom stereocenters. The van der Waals surface area contributed by atoms with Crippen LogP contribution in [0.5, 0.6) is 0 Å². The normalized spacial score (nSPS) is 10.6. The molecule has 100 valence electrons. The Balaban J connectivity index is 2.17. The molecule has 0 fully saturated rings. The lowest BCUT2D eigenvalue weighted by Gasteiger charge is -2.02. The van der Waals surface area contributed by atoms with Crippen LogP contribution in [0.2, 0.25) is 0 Å². The maximum Gasteiger partial charge on any atom is 0.209 e. The second-order valence-corrected chi connectivity index (χ2v) is 5.21.